The molecular formula is C13H23N3O. The Morgan fingerprint density at radius 1 is 1.35 bits per heavy atom. The first-order valence-corrected chi connectivity index (χ1v) is 6.53. The Bertz CT molecular complexity index is 340. The van der Waals surface area contributed by atoms with Crippen LogP contribution in [0.1, 0.15) is 44.2 Å². The van der Waals surface area contributed by atoms with Crippen LogP contribution in [0.2, 0.25) is 0 Å². The molecule has 0 bridgehead atoms. The lowest BCUT2D eigenvalue weighted by atomic mass is 9.93. The Morgan fingerprint density at radius 2 is 2.06 bits per heavy atom. The number of aryl methyl sites for hydroxylation is 1. The molecule has 96 valence electrons. The molecule has 1 saturated carbocycles. The largest absolute Gasteiger partial charge is 0.373 e. The number of hydrogen-bond donors (Lipinski definition) is 1. The van der Waals surface area contributed by atoms with Crippen molar-refractivity contribution < 1.29 is 4.74 Å². The van der Waals surface area contributed by atoms with Crippen molar-refractivity contribution >= 4 is 0 Å². The number of ether oxygens (including phenoxy) is 1. The zero-order valence-electron chi connectivity index (χ0n) is 10.7. The summed E-state index contributed by atoms with van der Waals surface area (Å²) in [6.07, 6.45) is 9.23. The quantitative estimate of drug-likeness (QED) is 0.815. The van der Waals surface area contributed by atoms with Gasteiger partial charge in [0.25, 0.3) is 0 Å². The SMILES string of the molecule is Cn1ccc(COCC2(N)CCCCCC2)n1. The molecular weight excluding hydrogens is 214 g/mol. The number of nitrogens with two attached hydrogens (primary N) is 1. The van der Waals surface area contributed by atoms with Crippen molar-refractivity contribution in [2.75, 3.05) is 6.61 Å². The molecule has 0 aliphatic heterocycles. The van der Waals surface area contributed by atoms with E-state index in [0.717, 1.165) is 18.5 Å². The first-order valence-electron chi connectivity index (χ1n) is 6.53. The van der Waals surface area contributed by atoms with Gasteiger partial charge in [0.2, 0.25) is 0 Å². The van der Waals surface area contributed by atoms with Gasteiger partial charge in [-0.05, 0) is 18.9 Å². The number of nitrogens with zero attached hydrogens (tertiary/aromatic N) is 2. The molecule has 0 atom stereocenters. The summed E-state index contributed by atoms with van der Waals surface area (Å²) < 4.78 is 7.52. The van der Waals surface area contributed by atoms with Crippen molar-refractivity contribution in [3.8, 4) is 0 Å². The van der Waals surface area contributed by atoms with Crippen LogP contribution in [0.25, 0.3) is 0 Å². The van der Waals surface area contributed by atoms with Crippen molar-refractivity contribution in [2.45, 2.75) is 50.7 Å². The van der Waals surface area contributed by atoms with E-state index in [0.29, 0.717) is 13.2 Å². The van der Waals surface area contributed by atoms with Gasteiger partial charge in [-0.1, -0.05) is 25.7 Å². The van der Waals surface area contributed by atoms with E-state index < -0.39 is 0 Å². The molecule has 0 unspecified atom stereocenters. The third-order valence-electron chi connectivity index (χ3n) is 3.51. The van der Waals surface area contributed by atoms with Crippen molar-refractivity contribution in [3.63, 3.8) is 0 Å². The average Bonchev–Trinajstić information content (AvgIpc) is 2.58. The highest BCUT2D eigenvalue weighted by molar-refractivity contribution is 4.96. The van der Waals surface area contributed by atoms with Gasteiger partial charge in [-0.15, -0.1) is 0 Å². The molecule has 0 saturated heterocycles. The summed E-state index contributed by atoms with van der Waals surface area (Å²) in [5.41, 5.74) is 7.25. The van der Waals surface area contributed by atoms with Gasteiger partial charge in [-0.3, -0.25) is 4.68 Å². The minimum absolute atomic E-state index is 0.106. The Morgan fingerprint density at radius 3 is 2.65 bits per heavy atom. The summed E-state index contributed by atoms with van der Waals surface area (Å²) >= 11 is 0. The second-order valence-corrected chi connectivity index (χ2v) is 5.25. The van der Waals surface area contributed by atoms with Crippen LogP contribution in [0, 0.1) is 0 Å². The summed E-state index contributed by atoms with van der Waals surface area (Å²) in [7, 11) is 1.92. The standard InChI is InChI=1S/C13H23N3O/c1-16-9-6-12(15-16)10-17-11-13(14)7-4-2-3-5-8-13/h6,9H,2-5,7-8,10-11,14H2,1H3. The molecule has 0 spiro atoms. The smallest absolute Gasteiger partial charge is 0.0907 e. The van der Waals surface area contributed by atoms with Crippen molar-refractivity contribution in [1.29, 1.82) is 0 Å². The normalized spacial score (nSPS) is 20.1. The van der Waals surface area contributed by atoms with Crippen LogP contribution in [0.5, 0.6) is 0 Å². The van der Waals surface area contributed by atoms with Crippen molar-refractivity contribution in [3.05, 3.63) is 18.0 Å². The highest BCUT2D eigenvalue weighted by atomic mass is 16.5. The zero-order chi connectivity index (χ0) is 12.1. The lowest BCUT2D eigenvalue weighted by Gasteiger charge is -2.27. The summed E-state index contributed by atoms with van der Waals surface area (Å²) in [5, 5.41) is 4.29. The van der Waals surface area contributed by atoms with Crippen LogP contribution >= 0.6 is 0 Å². The van der Waals surface area contributed by atoms with E-state index in [4.69, 9.17) is 10.5 Å². The third-order valence-corrected chi connectivity index (χ3v) is 3.51. The van der Waals surface area contributed by atoms with E-state index in [1.54, 1.807) is 4.68 Å². The van der Waals surface area contributed by atoms with Gasteiger partial charge in [0.1, 0.15) is 0 Å². The molecule has 4 heteroatoms. The molecule has 1 heterocycles. The maximum absolute atomic E-state index is 6.38. The van der Waals surface area contributed by atoms with E-state index >= 15 is 0 Å². The summed E-state index contributed by atoms with van der Waals surface area (Å²) in [6.45, 7) is 1.23. The predicted octanol–water partition coefficient (Wildman–Crippen LogP) is 1.99. The summed E-state index contributed by atoms with van der Waals surface area (Å²) in [4.78, 5) is 0. The van der Waals surface area contributed by atoms with Crippen LogP contribution in [0.15, 0.2) is 12.3 Å². The second-order valence-electron chi connectivity index (χ2n) is 5.25. The molecule has 2 rings (SSSR count). The molecule has 1 aliphatic carbocycles. The molecule has 0 aromatic carbocycles. The summed E-state index contributed by atoms with van der Waals surface area (Å²) in [6, 6.07) is 1.98. The Kier molecular flexibility index (Phi) is 4.18. The van der Waals surface area contributed by atoms with Crippen LogP contribution in [-0.4, -0.2) is 21.9 Å². The fourth-order valence-corrected chi connectivity index (χ4v) is 2.48. The minimum atomic E-state index is -0.106. The Labute approximate surface area is 103 Å². The molecule has 1 aromatic heterocycles. The first-order chi connectivity index (χ1) is 8.18. The maximum atomic E-state index is 6.38. The fourth-order valence-electron chi connectivity index (χ4n) is 2.48. The second kappa shape index (κ2) is 5.65. The fraction of sp³-hybridized carbons (Fsp3) is 0.769. The molecule has 1 aromatic rings. The molecule has 0 amide bonds. The number of hydrogen-bond acceptors (Lipinski definition) is 3. The van der Waals surface area contributed by atoms with E-state index in [2.05, 4.69) is 5.10 Å². The first kappa shape index (κ1) is 12.6. The van der Waals surface area contributed by atoms with Gasteiger partial charge < -0.3 is 10.5 Å². The highest BCUT2D eigenvalue weighted by Gasteiger charge is 2.26. The van der Waals surface area contributed by atoms with E-state index in [-0.39, 0.29) is 5.54 Å². The Hall–Kier alpha value is -0.870. The lowest BCUT2D eigenvalue weighted by Crippen LogP contribution is -2.43. The Balaban J connectivity index is 1.76. The van der Waals surface area contributed by atoms with E-state index in [1.807, 2.05) is 19.3 Å². The van der Waals surface area contributed by atoms with Gasteiger partial charge in [-0.25, -0.2) is 0 Å². The topological polar surface area (TPSA) is 53.1 Å². The minimum Gasteiger partial charge on any atom is -0.373 e. The predicted molar refractivity (Wildman–Crippen MR) is 67.5 cm³/mol. The molecule has 4 nitrogen and oxygen atoms in total. The number of aromatic nitrogens is 2. The average molecular weight is 237 g/mol. The number of rotatable bonds is 4. The maximum Gasteiger partial charge on any atom is 0.0907 e. The van der Waals surface area contributed by atoms with Gasteiger partial charge in [0, 0.05) is 18.8 Å². The van der Waals surface area contributed by atoms with Gasteiger partial charge in [0.05, 0.1) is 18.9 Å². The van der Waals surface area contributed by atoms with Crippen LogP contribution in [-0.2, 0) is 18.4 Å². The molecule has 1 fully saturated rings. The van der Waals surface area contributed by atoms with Crippen LogP contribution < -0.4 is 5.73 Å². The van der Waals surface area contributed by atoms with E-state index in [1.165, 1.54) is 25.7 Å². The zero-order valence-corrected chi connectivity index (χ0v) is 10.7. The van der Waals surface area contributed by atoms with Gasteiger partial charge in [0.15, 0.2) is 0 Å². The van der Waals surface area contributed by atoms with E-state index in [9.17, 15) is 0 Å². The molecule has 0 radical (unpaired) electrons. The van der Waals surface area contributed by atoms with Crippen molar-refractivity contribution in [2.24, 2.45) is 12.8 Å². The summed E-state index contributed by atoms with van der Waals surface area (Å²) in [5.74, 6) is 0. The van der Waals surface area contributed by atoms with Gasteiger partial charge in [-0.2, -0.15) is 5.10 Å². The van der Waals surface area contributed by atoms with Crippen molar-refractivity contribution in [1.82, 2.24) is 9.78 Å². The third kappa shape index (κ3) is 3.82. The highest BCUT2D eigenvalue weighted by Crippen LogP contribution is 2.25. The van der Waals surface area contributed by atoms with Gasteiger partial charge >= 0.3 is 0 Å². The lowest BCUT2D eigenvalue weighted by molar-refractivity contribution is 0.0647. The van der Waals surface area contributed by atoms with Crippen LogP contribution in [0.4, 0.5) is 0 Å². The monoisotopic (exact) mass is 237 g/mol. The molecule has 2 N–H and O–H groups in total. The van der Waals surface area contributed by atoms with Crippen LogP contribution in [0.3, 0.4) is 0 Å². The molecule has 17 heavy (non-hydrogen) atoms. The molecule has 1 aliphatic rings.